The first-order chi connectivity index (χ1) is 10.8. The van der Waals surface area contributed by atoms with Crippen molar-refractivity contribution < 1.29 is 24.5 Å². The highest BCUT2D eigenvalue weighted by Gasteiger charge is 2.41. The molecule has 0 amide bonds. The highest BCUT2D eigenvalue weighted by atomic mass is 16.6. The van der Waals surface area contributed by atoms with Crippen LogP contribution in [0.4, 0.5) is 0 Å². The van der Waals surface area contributed by atoms with Gasteiger partial charge in [0.15, 0.2) is 0 Å². The van der Waals surface area contributed by atoms with Gasteiger partial charge in [-0.05, 0) is 44.6 Å². The fourth-order valence-electron chi connectivity index (χ4n) is 3.02. The van der Waals surface area contributed by atoms with Crippen molar-refractivity contribution in [1.29, 1.82) is 0 Å². The zero-order valence-corrected chi connectivity index (χ0v) is 14.2. The van der Waals surface area contributed by atoms with Crippen molar-refractivity contribution in [2.45, 2.75) is 59.0 Å². The van der Waals surface area contributed by atoms with Crippen molar-refractivity contribution in [3.8, 4) is 0 Å². The largest absolute Gasteiger partial charge is 0.478 e. The second-order valence-corrected chi connectivity index (χ2v) is 6.58. The molecule has 23 heavy (non-hydrogen) atoms. The molecule has 0 aromatic heterocycles. The summed E-state index contributed by atoms with van der Waals surface area (Å²) >= 11 is 0. The van der Waals surface area contributed by atoms with E-state index in [9.17, 15) is 9.59 Å². The lowest BCUT2D eigenvalue weighted by molar-refractivity contribution is -0.189. The molecule has 1 rings (SSSR count). The molecule has 130 valence electrons. The van der Waals surface area contributed by atoms with E-state index in [1.165, 1.54) is 11.6 Å². The maximum atomic E-state index is 11.1. The lowest BCUT2D eigenvalue weighted by atomic mass is 9.91. The normalized spacial score (nSPS) is 23.2. The molecule has 0 aromatic carbocycles. The summed E-state index contributed by atoms with van der Waals surface area (Å²) in [7, 11) is 0. The molecule has 1 aliphatic heterocycles. The molecule has 1 saturated heterocycles. The lowest BCUT2D eigenvalue weighted by Gasteiger charge is -2.33. The van der Waals surface area contributed by atoms with Crippen molar-refractivity contribution in [3.05, 3.63) is 23.3 Å². The predicted molar refractivity (Wildman–Crippen MR) is 87.9 cm³/mol. The van der Waals surface area contributed by atoms with Gasteiger partial charge in [-0.15, -0.1) is 0 Å². The molecule has 0 bridgehead atoms. The van der Waals surface area contributed by atoms with Gasteiger partial charge in [-0.3, -0.25) is 4.79 Å². The topological polar surface area (TPSA) is 83.8 Å². The number of carboxylic acid groups (broad SMARTS) is 1. The van der Waals surface area contributed by atoms with Gasteiger partial charge in [0.25, 0.3) is 0 Å². The minimum atomic E-state index is -0.919. The Balaban J connectivity index is 2.21. The SMILES string of the molecule is CC(=C/C(=O)O)/C=C(\C)C[C@H](C)CCCC[C@@H]1OC(=O)[C@H]1CO. The van der Waals surface area contributed by atoms with Gasteiger partial charge in [-0.2, -0.15) is 0 Å². The zero-order valence-electron chi connectivity index (χ0n) is 14.2. The summed E-state index contributed by atoms with van der Waals surface area (Å²) in [5.74, 6) is -0.989. The number of esters is 1. The van der Waals surface area contributed by atoms with Crippen LogP contribution in [0.3, 0.4) is 0 Å². The van der Waals surface area contributed by atoms with Crippen LogP contribution in [0.2, 0.25) is 0 Å². The Hall–Kier alpha value is -1.62. The first-order valence-corrected chi connectivity index (χ1v) is 8.23. The van der Waals surface area contributed by atoms with Crippen LogP contribution in [0.1, 0.15) is 52.9 Å². The third-order valence-electron chi connectivity index (χ3n) is 4.15. The van der Waals surface area contributed by atoms with Gasteiger partial charge in [0, 0.05) is 6.08 Å². The summed E-state index contributed by atoms with van der Waals surface area (Å²) in [6.45, 7) is 5.88. The van der Waals surface area contributed by atoms with E-state index in [-0.39, 0.29) is 24.6 Å². The van der Waals surface area contributed by atoms with Gasteiger partial charge in [0.2, 0.25) is 0 Å². The Bertz CT molecular complexity index is 478. The Labute approximate surface area is 138 Å². The van der Waals surface area contributed by atoms with E-state index in [0.29, 0.717) is 5.92 Å². The predicted octanol–water partition coefficient (Wildman–Crippen LogP) is 3.08. The van der Waals surface area contributed by atoms with E-state index in [0.717, 1.165) is 37.7 Å². The molecule has 2 N–H and O–H groups in total. The van der Waals surface area contributed by atoms with Crippen LogP contribution in [0.25, 0.3) is 0 Å². The molecule has 5 nitrogen and oxygen atoms in total. The van der Waals surface area contributed by atoms with Crippen molar-refractivity contribution >= 4 is 11.9 Å². The van der Waals surface area contributed by atoms with Crippen LogP contribution < -0.4 is 0 Å². The van der Waals surface area contributed by atoms with E-state index in [4.69, 9.17) is 14.9 Å². The number of aliphatic hydroxyl groups is 1. The third kappa shape index (κ3) is 6.99. The van der Waals surface area contributed by atoms with E-state index in [1.807, 2.05) is 13.0 Å². The Morgan fingerprint density at radius 3 is 2.57 bits per heavy atom. The first-order valence-electron chi connectivity index (χ1n) is 8.23. The molecule has 1 aliphatic rings. The van der Waals surface area contributed by atoms with E-state index in [2.05, 4.69) is 6.92 Å². The van der Waals surface area contributed by atoms with Crippen molar-refractivity contribution in [2.75, 3.05) is 6.61 Å². The van der Waals surface area contributed by atoms with Gasteiger partial charge < -0.3 is 14.9 Å². The van der Waals surface area contributed by atoms with E-state index < -0.39 is 5.97 Å². The summed E-state index contributed by atoms with van der Waals surface area (Å²) in [4.78, 5) is 21.6. The maximum Gasteiger partial charge on any atom is 0.328 e. The Morgan fingerprint density at radius 2 is 2.00 bits per heavy atom. The molecular formula is C18H28O5. The van der Waals surface area contributed by atoms with Crippen molar-refractivity contribution in [3.63, 3.8) is 0 Å². The number of carbonyl (C=O) groups is 2. The van der Waals surface area contributed by atoms with Gasteiger partial charge in [0.05, 0.1) is 6.61 Å². The minimum Gasteiger partial charge on any atom is -0.478 e. The molecule has 1 fully saturated rings. The fourth-order valence-corrected chi connectivity index (χ4v) is 3.02. The third-order valence-corrected chi connectivity index (χ3v) is 4.15. The highest BCUT2D eigenvalue weighted by Crippen LogP contribution is 2.27. The number of rotatable bonds is 10. The van der Waals surface area contributed by atoms with Crippen LogP contribution in [-0.2, 0) is 14.3 Å². The number of unbranched alkanes of at least 4 members (excludes halogenated alkanes) is 1. The Kier molecular flexibility index (Phi) is 8.03. The molecule has 1 heterocycles. The van der Waals surface area contributed by atoms with Crippen LogP contribution >= 0.6 is 0 Å². The van der Waals surface area contributed by atoms with E-state index in [1.54, 1.807) is 6.92 Å². The number of aliphatic hydroxyl groups excluding tert-OH is 1. The molecule has 0 radical (unpaired) electrons. The number of carboxylic acids is 1. The molecule has 0 saturated carbocycles. The number of aliphatic carboxylic acids is 1. The summed E-state index contributed by atoms with van der Waals surface area (Å²) < 4.78 is 5.03. The summed E-state index contributed by atoms with van der Waals surface area (Å²) in [5, 5.41) is 17.7. The molecule has 0 aliphatic carbocycles. The summed E-state index contributed by atoms with van der Waals surface area (Å²) in [6, 6.07) is 0. The number of hydrogen-bond acceptors (Lipinski definition) is 4. The van der Waals surface area contributed by atoms with Gasteiger partial charge in [-0.1, -0.05) is 31.4 Å². The smallest absolute Gasteiger partial charge is 0.328 e. The zero-order chi connectivity index (χ0) is 17.4. The maximum absolute atomic E-state index is 11.1. The number of allylic oxidation sites excluding steroid dienone is 3. The second kappa shape index (κ2) is 9.50. The standard InChI is InChI=1S/C18H28O5/c1-12(8-13(2)9-14(3)10-17(20)21)6-4-5-7-16-15(11-19)18(22)23-16/h9-10,12,15-16,19H,4-8,11H2,1-3H3,(H,20,21)/b13-9+,14-10-/t12-,15+,16+/m1/s1. The van der Waals surface area contributed by atoms with Crippen molar-refractivity contribution in [2.24, 2.45) is 11.8 Å². The average Bonchev–Trinajstić information content (AvgIpc) is 2.40. The highest BCUT2D eigenvalue weighted by molar-refractivity contribution is 5.81. The summed E-state index contributed by atoms with van der Waals surface area (Å²) in [6.07, 6.45) is 7.92. The van der Waals surface area contributed by atoms with Gasteiger partial charge >= 0.3 is 11.9 Å². The molecule has 0 unspecified atom stereocenters. The molecule has 5 heteroatoms. The monoisotopic (exact) mass is 324 g/mol. The lowest BCUT2D eigenvalue weighted by Crippen LogP contribution is -2.47. The van der Waals surface area contributed by atoms with Crippen LogP contribution in [-0.4, -0.2) is 34.9 Å². The number of hydrogen-bond donors (Lipinski definition) is 2. The van der Waals surface area contributed by atoms with Crippen LogP contribution in [0.15, 0.2) is 23.3 Å². The number of ether oxygens (including phenoxy) is 1. The van der Waals surface area contributed by atoms with E-state index >= 15 is 0 Å². The van der Waals surface area contributed by atoms with Crippen LogP contribution in [0, 0.1) is 11.8 Å². The van der Waals surface area contributed by atoms with Gasteiger partial charge in [0.1, 0.15) is 12.0 Å². The molecule has 0 spiro atoms. The first kappa shape index (κ1) is 19.4. The summed E-state index contributed by atoms with van der Waals surface area (Å²) in [5.41, 5.74) is 1.94. The molecule has 3 atom stereocenters. The van der Waals surface area contributed by atoms with Gasteiger partial charge in [-0.25, -0.2) is 4.79 Å². The quantitative estimate of drug-likeness (QED) is 0.279. The average molecular weight is 324 g/mol. The minimum absolute atomic E-state index is 0.103. The molecular weight excluding hydrogens is 296 g/mol. The fraction of sp³-hybridized carbons (Fsp3) is 0.667. The number of cyclic esters (lactones) is 1. The molecule has 0 aromatic rings. The second-order valence-electron chi connectivity index (χ2n) is 6.58. The number of carbonyl (C=O) groups excluding carboxylic acids is 1. The Morgan fingerprint density at radius 1 is 1.30 bits per heavy atom. The van der Waals surface area contributed by atoms with Crippen LogP contribution in [0.5, 0.6) is 0 Å². The van der Waals surface area contributed by atoms with Crippen molar-refractivity contribution in [1.82, 2.24) is 0 Å².